The summed E-state index contributed by atoms with van der Waals surface area (Å²) in [5.41, 5.74) is 0.738. The van der Waals surface area contributed by atoms with Crippen molar-refractivity contribution in [2.45, 2.75) is 4.90 Å². The normalized spacial score (nSPS) is 15.1. The van der Waals surface area contributed by atoms with Gasteiger partial charge in [-0.3, -0.25) is 0 Å². The van der Waals surface area contributed by atoms with Gasteiger partial charge in [-0.1, -0.05) is 11.6 Å². The summed E-state index contributed by atoms with van der Waals surface area (Å²) in [4.78, 5) is 2.18. The molecule has 10 heteroatoms. The number of nitrogens with zero attached hydrogens (tertiary/aromatic N) is 2. The SMILES string of the molecule is COc1cc(NC(=S)N2CCN(S(=O)(=O)c3ccc(Cl)cc3)CC2)cc(OC)c1. The Balaban J connectivity index is 1.63. The largest absolute Gasteiger partial charge is 0.497 e. The van der Waals surface area contributed by atoms with Crippen LogP contribution < -0.4 is 14.8 Å². The summed E-state index contributed by atoms with van der Waals surface area (Å²) in [5, 5.41) is 4.18. The van der Waals surface area contributed by atoms with Crippen LogP contribution in [0.3, 0.4) is 0 Å². The van der Waals surface area contributed by atoms with Crippen LogP contribution in [-0.2, 0) is 10.0 Å². The maximum Gasteiger partial charge on any atom is 0.243 e. The maximum atomic E-state index is 12.8. The van der Waals surface area contributed by atoms with Crippen molar-refractivity contribution in [3.05, 3.63) is 47.5 Å². The number of benzene rings is 2. The van der Waals surface area contributed by atoms with Gasteiger partial charge in [0.15, 0.2) is 5.11 Å². The van der Waals surface area contributed by atoms with Gasteiger partial charge in [-0.15, -0.1) is 0 Å². The number of halogens is 1. The number of sulfonamides is 1. The average Bonchev–Trinajstić information content (AvgIpc) is 2.73. The zero-order valence-electron chi connectivity index (χ0n) is 16.1. The Bertz CT molecular complexity index is 953. The Labute approximate surface area is 181 Å². The van der Waals surface area contributed by atoms with Gasteiger partial charge < -0.3 is 19.7 Å². The molecule has 0 saturated carbocycles. The summed E-state index contributed by atoms with van der Waals surface area (Å²) in [7, 11) is -0.392. The van der Waals surface area contributed by atoms with Gasteiger partial charge in [-0.05, 0) is 36.5 Å². The number of thiocarbonyl (C=S) groups is 1. The van der Waals surface area contributed by atoms with Crippen molar-refractivity contribution in [1.82, 2.24) is 9.21 Å². The number of methoxy groups -OCH3 is 2. The quantitative estimate of drug-likeness (QED) is 0.694. The fourth-order valence-corrected chi connectivity index (χ4v) is 4.82. The molecule has 1 aliphatic rings. The second kappa shape index (κ2) is 9.17. The van der Waals surface area contributed by atoms with Gasteiger partial charge >= 0.3 is 0 Å². The molecule has 1 fully saturated rings. The number of nitrogens with one attached hydrogen (secondary N) is 1. The van der Waals surface area contributed by atoms with E-state index in [0.717, 1.165) is 5.69 Å². The lowest BCUT2D eigenvalue weighted by molar-refractivity contribution is 0.268. The van der Waals surface area contributed by atoms with E-state index in [9.17, 15) is 8.42 Å². The summed E-state index contributed by atoms with van der Waals surface area (Å²) in [6, 6.07) is 11.6. The highest BCUT2D eigenvalue weighted by atomic mass is 35.5. The monoisotopic (exact) mass is 455 g/mol. The molecule has 0 aromatic heterocycles. The minimum atomic E-state index is -3.55. The first-order chi connectivity index (χ1) is 13.8. The molecular weight excluding hydrogens is 434 g/mol. The minimum absolute atomic E-state index is 0.236. The van der Waals surface area contributed by atoms with E-state index in [1.807, 2.05) is 17.0 Å². The van der Waals surface area contributed by atoms with Gasteiger partial charge in [-0.25, -0.2) is 8.42 Å². The molecule has 0 atom stereocenters. The van der Waals surface area contributed by atoms with Gasteiger partial charge in [-0.2, -0.15) is 4.31 Å². The van der Waals surface area contributed by atoms with Crippen LogP contribution in [0.2, 0.25) is 5.02 Å². The zero-order chi connectivity index (χ0) is 21.0. The third-order valence-corrected chi connectivity index (χ3v) is 7.11. The van der Waals surface area contributed by atoms with Crippen molar-refractivity contribution in [2.24, 2.45) is 0 Å². The molecule has 0 amide bonds. The molecule has 2 aromatic carbocycles. The summed E-state index contributed by atoms with van der Waals surface area (Å²) >= 11 is 11.4. The predicted molar refractivity (Wildman–Crippen MR) is 118 cm³/mol. The van der Waals surface area contributed by atoms with Crippen LogP contribution in [0.15, 0.2) is 47.4 Å². The molecule has 1 heterocycles. The van der Waals surface area contributed by atoms with Crippen LogP contribution in [-0.4, -0.2) is 63.1 Å². The number of rotatable bonds is 5. The zero-order valence-corrected chi connectivity index (χ0v) is 18.5. The summed E-state index contributed by atoms with van der Waals surface area (Å²) < 4.78 is 37.6. The van der Waals surface area contributed by atoms with E-state index in [4.69, 9.17) is 33.3 Å². The molecule has 0 unspecified atom stereocenters. The molecule has 7 nitrogen and oxygen atoms in total. The first-order valence-corrected chi connectivity index (χ1v) is 11.1. The Morgan fingerprint density at radius 1 is 1.00 bits per heavy atom. The highest BCUT2D eigenvalue weighted by molar-refractivity contribution is 7.89. The number of anilines is 1. The third kappa shape index (κ3) is 5.11. The Morgan fingerprint density at radius 2 is 1.55 bits per heavy atom. The molecule has 29 heavy (non-hydrogen) atoms. The van der Waals surface area contributed by atoms with Gasteiger partial charge in [0.25, 0.3) is 0 Å². The van der Waals surface area contributed by atoms with Crippen LogP contribution in [0.4, 0.5) is 5.69 Å². The van der Waals surface area contributed by atoms with Gasteiger partial charge in [0.1, 0.15) is 11.5 Å². The first-order valence-electron chi connectivity index (χ1n) is 8.88. The van der Waals surface area contributed by atoms with Crippen LogP contribution in [0, 0.1) is 0 Å². The van der Waals surface area contributed by atoms with E-state index >= 15 is 0 Å². The highest BCUT2D eigenvalue weighted by Crippen LogP contribution is 2.26. The number of hydrogen-bond acceptors (Lipinski definition) is 5. The number of ether oxygens (including phenoxy) is 2. The smallest absolute Gasteiger partial charge is 0.243 e. The van der Waals surface area contributed by atoms with Crippen molar-refractivity contribution < 1.29 is 17.9 Å². The molecule has 1 N–H and O–H groups in total. The molecular formula is C19H22ClN3O4S2. The fraction of sp³-hybridized carbons (Fsp3) is 0.316. The molecule has 0 spiro atoms. The van der Waals surface area contributed by atoms with E-state index in [0.29, 0.717) is 47.8 Å². The fourth-order valence-electron chi connectivity index (χ4n) is 2.97. The van der Waals surface area contributed by atoms with Crippen LogP contribution in [0.25, 0.3) is 0 Å². The van der Waals surface area contributed by atoms with Crippen LogP contribution in [0.5, 0.6) is 11.5 Å². The van der Waals surface area contributed by atoms with Crippen molar-refractivity contribution in [2.75, 3.05) is 45.7 Å². The molecule has 0 bridgehead atoms. The molecule has 0 radical (unpaired) electrons. The Kier molecular flexibility index (Phi) is 6.84. The number of hydrogen-bond donors (Lipinski definition) is 1. The molecule has 1 saturated heterocycles. The van der Waals surface area contributed by atoms with Gasteiger partial charge in [0, 0.05) is 55.1 Å². The van der Waals surface area contributed by atoms with Crippen molar-refractivity contribution >= 4 is 44.6 Å². The lowest BCUT2D eigenvalue weighted by Gasteiger charge is -2.35. The first kappa shape index (κ1) is 21.6. The summed E-state index contributed by atoms with van der Waals surface area (Å²) in [6.45, 7) is 1.65. The topological polar surface area (TPSA) is 71.1 Å². The van der Waals surface area contributed by atoms with Crippen LogP contribution >= 0.6 is 23.8 Å². The van der Waals surface area contributed by atoms with E-state index in [1.54, 1.807) is 32.4 Å². The minimum Gasteiger partial charge on any atom is -0.497 e. The number of piperazine rings is 1. The third-order valence-electron chi connectivity index (χ3n) is 4.58. The maximum absolute atomic E-state index is 12.8. The Morgan fingerprint density at radius 3 is 2.07 bits per heavy atom. The molecule has 2 aromatic rings. The van der Waals surface area contributed by atoms with Gasteiger partial charge in [0.05, 0.1) is 19.1 Å². The Hall–Kier alpha value is -2.07. The summed E-state index contributed by atoms with van der Waals surface area (Å²) in [6.07, 6.45) is 0. The molecule has 3 rings (SSSR count). The average molecular weight is 456 g/mol. The predicted octanol–water partition coefficient (Wildman–Crippen LogP) is 3.06. The molecule has 1 aliphatic heterocycles. The second-order valence-electron chi connectivity index (χ2n) is 6.38. The standard InChI is InChI=1S/C19H22ClN3O4S2/c1-26-16-11-15(12-17(13-16)27-2)21-19(28)22-7-9-23(10-8-22)29(24,25)18-5-3-14(20)4-6-18/h3-6,11-13H,7-10H2,1-2H3,(H,21,28). The van der Waals surface area contributed by atoms with Crippen molar-refractivity contribution in [3.63, 3.8) is 0 Å². The van der Waals surface area contributed by atoms with E-state index < -0.39 is 10.0 Å². The lowest BCUT2D eigenvalue weighted by atomic mass is 10.2. The molecule has 0 aliphatic carbocycles. The lowest BCUT2D eigenvalue weighted by Crippen LogP contribution is -2.51. The second-order valence-corrected chi connectivity index (χ2v) is 9.14. The van der Waals surface area contributed by atoms with E-state index in [-0.39, 0.29) is 4.90 Å². The highest BCUT2D eigenvalue weighted by Gasteiger charge is 2.29. The van der Waals surface area contributed by atoms with Crippen LogP contribution in [0.1, 0.15) is 0 Å². The van der Waals surface area contributed by atoms with E-state index in [1.165, 1.54) is 16.4 Å². The van der Waals surface area contributed by atoms with E-state index in [2.05, 4.69) is 5.32 Å². The van der Waals surface area contributed by atoms with Crippen molar-refractivity contribution in [1.29, 1.82) is 0 Å². The van der Waals surface area contributed by atoms with Gasteiger partial charge in [0.2, 0.25) is 10.0 Å². The summed E-state index contributed by atoms with van der Waals surface area (Å²) in [5.74, 6) is 1.29. The molecule has 156 valence electrons. The van der Waals surface area contributed by atoms with Crippen molar-refractivity contribution in [3.8, 4) is 11.5 Å².